The van der Waals surface area contributed by atoms with Crippen LogP contribution in [0.15, 0.2) is 22.7 Å². The van der Waals surface area contributed by atoms with E-state index in [-0.39, 0.29) is 5.82 Å². The fourth-order valence-corrected chi connectivity index (χ4v) is 4.41. The van der Waals surface area contributed by atoms with Crippen LogP contribution in [0.4, 0.5) is 4.39 Å². The van der Waals surface area contributed by atoms with Crippen molar-refractivity contribution in [3.63, 3.8) is 0 Å². The van der Waals surface area contributed by atoms with Crippen LogP contribution in [0.3, 0.4) is 0 Å². The first kappa shape index (κ1) is 13.6. The maximum absolute atomic E-state index is 13.2. The summed E-state index contributed by atoms with van der Waals surface area (Å²) in [6, 6.07) is 5.83. The van der Waals surface area contributed by atoms with E-state index in [4.69, 9.17) is 0 Å². The van der Waals surface area contributed by atoms with Crippen molar-refractivity contribution >= 4 is 15.9 Å². The molecule has 19 heavy (non-hydrogen) atoms. The average Bonchev–Trinajstić information content (AvgIpc) is 3.02. The van der Waals surface area contributed by atoms with Crippen molar-refractivity contribution in [1.29, 1.82) is 0 Å². The van der Waals surface area contributed by atoms with Crippen molar-refractivity contribution in [3.8, 4) is 0 Å². The lowest BCUT2D eigenvalue weighted by Gasteiger charge is -2.28. The van der Waals surface area contributed by atoms with E-state index in [0.29, 0.717) is 10.5 Å². The zero-order valence-electron chi connectivity index (χ0n) is 11.3. The molecular formula is C16H21BrFN. The highest BCUT2D eigenvalue weighted by atomic mass is 79.9. The lowest BCUT2D eigenvalue weighted by atomic mass is 9.84. The topological polar surface area (TPSA) is 12.0 Å². The molecule has 3 rings (SSSR count). The minimum Gasteiger partial charge on any atom is -0.310 e. The molecule has 2 aliphatic rings. The van der Waals surface area contributed by atoms with Crippen LogP contribution in [0.25, 0.3) is 0 Å². The molecule has 4 atom stereocenters. The standard InChI is InChI=1S/C16H21BrFN/c1-10(14-7-11-2-4-13(14)6-11)19-9-12-3-5-16(18)15(17)8-12/h3,5,8,10-11,13-14,19H,2,4,6-7,9H2,1H3. The summed E-state index contributed by atoms with van der Waals surface area (Å²) in [5.74, 6) is 2.61. The lowest BCUT2D eigenvalue weighted by Crippen LogP contribution is -2.35. The molecular weight excluding hydrogens is 305 g/mol. The Kier molecular flexibility index (Phi) is 3.95. The van der Waals surface area contributed by atoms with Crippen molar-refractivity contribution in [2.75, 3.05) is 0 Å². The van der Waals surface area contributed by atoms with Gasteiger partial charge in [-0.3, -0.25) is 0 Å². The monoisotopic (exact) mass is 325 g/mol. The molecule has 0 aliphatic heterocycles. The van der Waals surface area contributed by atoms with Crippen LogP contribution in [0, 0.1) is 23.6 Å². The van der Waals surface area contributed by atoms with Crippen molar-refractivity contribution in [3.05, 3.63) is 34.1 Å². The number of halogens is 2. The molecule has 2 bridgehead atoms. The van der Waals surface area contributed by atoms with Crippen molar-refractivity contribution in [2.45, 2.75) is 45.2 Å². The van der Waals surface area contributed by atoms with Gasteiger partial charge in [-0.15, -0.1) is 0 Å². The minimum atomic E-state index is -0.190. The van der Waals surface area contributed by atoms with Crippen molar-refractivity contribution < 1.29 is 4.39 Å². The van der Waals surface area contributed by atoms with Gasteiger partial charge in [0, 0.05) is 12.6 Å². The molecule has 1 aromatic carbocycles. The number of rotatable bonds is 4. The summed E-state index contributed by atoms with van der Waals surface area (Å²) in [4.78, 5) is 0. The molecule has 1 N–H and O–H groups in total. The summed E-state index contributed by atoms with van der Waals surface area (Å²) in [6.45, 7) is 3.14. The van der Waals surface area contributed by atoms with E-state index in [1.54, 1.807) is 0 Å². The lowest BCUT2D eigenvalue weighted by molar-refractivity contribution is 0.259. The van der Waals surface area contributed by atoms with Crippen LogP contribution in [0.5, 0.6) is 0 Å². The Morgan fingerprint density at radius 1 is 1.37 bits per heavy atom. The van der Waals surface area contributed by atoms with Gasteiger partial charge in [-0.2, -0.15) is 0 Å². The Bertz CT molecular complexity index is 462. The van der Waals surface area contributed by atoms with Crippen LogP contribution in [0.2, 0.25) is 0 Å². The second-order valence-corrected chi connectivity index (χ2v) is 7.11. The molecule has 0 radical (unpaired) electrons. The van der Waals surface area contributed by atoms with Crippen LogP contribution in [-0.2, 0) is 6.54 Å². The number of nitrogens with one attached hydrogen (secondary N) is 1. The van der Waals surface area contributed by atoms with E-state index in [2.05, 4.69) is 28.2 Å². The third-order valence-electron chi connectivity index (χ3n) is 5.05. The van der Waals surface area contributed by atoms with Crippen LogP contribution in [-0.4, -0.2) is 6.04 Å². The fraction of sp³-hybridized carbons (Fsp3) is 0.625. The maximum atomic E-state index is 13.2. The maximum Gasteiger partial charge on any atom is 0.137 e. The van der Waals surface area contributed by atoms with Gasteiger partial charge >= 0.3 is 0 Å². The SMILES string of the molecule is CC(NCc1ccc(F)c(Br)c1)C1CC2CCC1C2. The van der Waals surface area contributed by atoms with E-state index in [9.17, 15) is 4.39 Å². The summed E-state index contributed by atoms with van der Waals surface area (Å²) in [5, 5.41) is 3.63. The molecule has 1 nitrogen and oxygen atoms in total. The highest BCUT2D eigenvalue weighted by Gasteiger charge is 2.41. The first-order valence-corrected chi connectivity index (χ1v) is 8.10. The van der Waals surface area contributed by atoms with E-state index in [1.165, 1.54) is 31.7 Å². The smallest absolute Gasteiger partial charge is 0.137 e. The summed E-state index contributed by atoms with van der Waals surface area (Å²) < 4.78 is 13.7. The average molecular weight is 326 g/mol. The second-order valence-electron chi connectivity index (χ2n) is 6.26. The number of hydrogen-bond donors (Lipinski definition) is 1. The summed E-state index contributed by atoms with van der Waals surface area (Å²) in [6.07, 6.45) is 5.76. The summed E-state index contributed by atoms with van der Waals surface area (Å²) in [5.41, 5.74) is 1.14. The number of benzene rings is 1. The van der Waals surface area contributed by atoms with Gasteiger partial charge in [-0.1, -0.05) is 12.5 Å². The normalized spacial score (nSPS) is 30.8. The third kappa shape index (κ3) is 2.87. The molecule has 4 unspecified atom stereocenters. The molecule has 0 amide bonds. The highest BCUT2D eigenvalue weighted by molar-refractivity contribution is 9.10. The van der Waals surface area contributed by atoms with Gasteiger partial charge in [0.1, 0.15) is 5.82 Å². The van der Waals surface area contributed by atoms with Crippen LogP contribution >= 0.6 is 15.9 Å². The third-order valence-corrected chi connectivity index (χ3v) is 5.65. The Balaban J connectivity index is 1.55. The minimum absolute atomic E-state index is 0.190. The van der Waals surface area contributed by atoms with Crippen LogP contribution < -0.4 is 5.32 Å². The number of fused-ring (bicyclic) bond motifs is 2. The van der Waals surface area contributed by atoms with Gasteiger partial charge in [-0.25, -0.2) is 4.39 Å². The largest absolute Gasteiger partial charge is 0.310 e. The molecule has 0 spiro atoms. The van der Waals surface area contributed by atoms with Crippen LogP contribution in [0.1, 0.15) is 38.2 Å². The molecule has 3 heteroatoms. The first-order chi connectivity index (χ1) is 9.13. The molecule has 0 saturated heterocycles. The van der Waals surface area contributed by atoms with E-state index < -0.39 is 0 Å². The summed E-state index contributed by atoms with van der Waals surface area (Å²) in [7, 11) is 0. The van der Waals surface area contributed by atoms with E-state index >= 15 is 0 Å². The molecule has 1 aromatic rings. The van der Waals surface area contributed by atoms with E-state index in [1.807, 2.05) is 12.1 Å². The van der Waals surface area contributed by atoms with Gasteiger partial charge in [0.05, 0.1) is 4.47 Å². The first-order valence-electron chi connectivity index (χ1n) is 7.31. The van der Waals surface area contributed by atoms with Gasteiger partial charge in [0.15, 0.2) is 0 Å². The van der Waals surface area contributed by atoms with Gasteiger partial charge in [0.25, 0.3) is 0 Å². The van der Waals surface area contributed by atoms with E-state index in [0.717, 1.165) is 29.9 Å². The molecule has 104 valence electrons. The predicted octanol–water partition coefficient (Wildman–Crippen LogP) is 4.50. The molecule has 2 fully saturated rings. The number of hydrogen-bond acceptors (Lipinski definition) is 1. The predicted molar refractivity (Wildman–Crippen MR) is 79.3 cm³/mol. The Hall–Kier alpha value is -0.410. The fourth-order valence-electron chi connectivity index (χ4n) is 3.99. The molecule has 0 aromatic heterocycles. The van der Waals surface area contributed by atoms with Gasteiger partial charge in [-0.05, 0) is 77.6 Å². The molecule has 0 heterocycles. The Labute approximate surface area is 123 Å². The van der Waals surface area contributed by atoms with Crippen molar-refractivity contribution in [2.24, 2.45) is 17.8 Å². The zero-order valence-corrected chi connectivity index (χ0v) is 12.9. The van der Waals surface area contributed by atoms with Gasteiger partial charge < -0.3 is 5.32 Å². The van der Waals surface area contributed by atoms with Gasteiger partial charge in [0.2, 0.25) is 0 Å². The zero-order chi connectivity index (χ0) is 13.4. The highest BCUT2D eigenvalue weighted by Crippen LogP contribution is 2.49. The second kappa shape index (κ2) is 5.53. The Morgan fingerprint density at radius 2 is 2.21 bits per heavy atom. The Morgan fingerprint density at radius 3 is 2.84 bits per heavy atom. The molecule has 2 aliphatic carbocycles. The quantitative estimate of drug-likeness (QED) is 0.859. The summed E-state index contributed by atoms with van der Waals surface area (Å²) >= 11 is 3.24. The van der Waals surface area contributed by atoms with Crippen molar-refractivity contribution in [1.82, 2.24) is 5.32 Å². The molecule has 2 saturated carbocycles.